The van der Waals surface area contributed by atoms with Crippen molar-refractivity contribution >= 4 is 32.9 Å². The summed E-state index contributed by atoms with van der Waals surface area (Å²) >= 11 is 0. The molecule has 26 heavy (non-hydrogen) atoms. The van der Waals surface area contributed by atoms with Crippen molar-refractivity contribution in [1.82, 2.24) is 0 Å². The molecule has 0 amide bonds. The first-order valence-electron chi connectivity index (χ1n) is 9.08. The first-order valence-corrected chi connectivity index (χ1v) is 9.08. The van der Waals surface area contributed by atoms with Crippen molar-refractivity contribution in [3.05, 3.63) is 96.7 Å². The Balaban J connectivity index is 1.93. The minimum atomic E-state index is -0.0712. The molecule has 0 spiro atoms. The van der Waals surface area contributed by atoms with Gasteiger partial charge in [0.1, 0.15) is 0 Å². The van der Waals surface area contributed by atoms with Gasteiger partial charge in [0.05, 0.1) is 11.4 Å². The van der Waals surface area contributed by atoms with Crippen LogP contribution >= 0.6 is 0 Å². The number of fused-ring (bicyclic) bond motifs is 5. The van der Waals surface area contributed by atoms with Gasteiger partial charge in [0.2, 0.25) is 0 Å². The molecule has 1 aliphatic heterocycles. The van der Waals surface area contributed by atoms with Gasteiger partial charge in [0.15, 0.2) is 0 Å². The third kappa shape index (κ3) is 1.91. The maximum Gasteiger partial charge on any atom is 0.0574 e. The van der Waals surface area contributed by atoms with Crippen LogP contribution in [-0.2, 0) is 5.41 Å². The minimum Gasteiger partial charge on any atom is -0.317 e. The van der Waals surface area contributed by atoms with Crippen LogP contribution in [-0.4, -0.2) is 0 Å². The van der Waals surface area contributed by atoms with E-state index in [0.29, 0.717) is 0 Å². The summed E-state index contributed by atoms with van der Waals surface area (Å²) in [4.78, 5) is 2.27. The van der Waals surface area contributed by atoms with Gasteiger partial charge in [-0.25, -0.2) is 0 Å². The Morgan fingerprint density at radius 1 is 0.769 bits per heavy atom. The SMILES string of the molecule is C=CN1c2cc3ccccc3cc2C(C)(C)c2ccc3ccccc3c21. The fourth-order valence-corrected chi connectivity index (χ4v) is 4.40. The maximum absolute atomic E-state index is 4.14. The topological polar surface area (TPSA) is 3.24 Å². The zero-order valence-electron chi connectivity index (χ0n) is 15.2. The molecular formula is C25H21N. The lowest BCUT2D eigenvalue weighted by Crippen LogP contribution is -2.30. The lowest BCUT2D eigenvalue weighted by atomic mass is 9.72. The molecule has 4 aromatic carbocycles. The highest BCUT2D eigenvalue weighted by Gasteiger charge is 2.36. The summed E-state index contributed by atoms with van der Waals surface area (Å²) < 4.78 is 0. The predicted octanol–water partition coefficient (Wildman–Crippen LogP) is 6.91. The summed E-state index contributed by atoms with van der Waals surface area (Å²) in [5.41, 5.74) is 5.11. The molecule has 5 rings (SSSR count). The van der Waals surface area contributed by atoms with Gasteiger partial charge in [-0.3, -0.25) is 0 Å². The van der Waals surface area contributed by atoms with Crippen molar-refractivity contribution in [1.29, 1.82) is 0 Å². The van der Waals surface area contributed by atoms with E-state index in [0.717, 1.165) is 0 Å². The van der Waals surface area contributed by atoms with Gasteiger partial charge in [0.25, 0.3) is 0 Å². The standard InChI is InChI=1S/C25H21N/c1-4-26-23-16-19-11-6-5-10-18(19)15-22(23)25(2,3)21-14-13-17-9-7-8-12-20(17)24(21)26/h4-16H,1H2,2-3H3. The Labute approximate surface area is 154 Å². The Bertz CT molecular complexity index is 1180. The average molecular weight is 335 g/mol. The molecule has 0 radical (unpaired) electrons. The summed E-state index contributed by atoms with van der Waals surface area (Å²) in [5.74, 6) is 0. The number of hydrogen-bond acceptors (Lipinski definition) is 1. The van der Waals surface area contributed by atoms with Crippen molar-refractivity contribution < 1.29 is 0 Å². The molecule has 0 saturated carbocycles. The minimum absolute atomic E-state index is 0.0712. The zero-order chi connectivity index (χ0) is 17.9. The Morgan fingerprint density at radius 2 is 1.42 bits per heavy atom. The molecule has 0 aromatic heterocycles. The largest absolute Gasteiger partial charge is 0.317 e. The smallest absolute Gasteiger partial charge is 0.0574 e. The third-order valence-electron chi connectivity index (χ3n) is 5.79. The summed E-state index contributed by atoms with van der Waals surface area (Å²) in [5, 5.41) is 5.08. The van der Waals surface area contributed by atoms with E-state index < -0.39 is 0 Å². The number of rotatable bonds is 1. The highest BCUT2D eigenvalue weighted by Crippen LogP contribution is 2.52. The predicted molar refractivity (Wildman–Crippen MR) is 112 cm³/mol. The molecule has 0 saturated heterocycles. The normalized spacial score (nSPS) is 14.9. The van der Waals surface area contributed by atoms with Crippen molar-refractivity contribution in [2.45, 2.75) is 19.3 Å². The summed E-state index contributed by atoms with van der Waals surface area (Å²) in [6.45, 7) is 8.80. The first-order chi connectivity index (χ1) is 12.6. The molecule has 1 heterocycles. The molecule has 4 aromatic rings. The van der Waals surface area contributed by atoms with Crippen LogP contribution in [0.3, 0.4) is 0 Å². The van der Waals surface area contributed by atoms with E-state index in [9.17, 15) is 0 Å². The van der Waals surface area contributed by atoms with Crippen LogP contribution in [0.5, 0.6) is 0 Å². The van der Waals surface area contributed by atoms with Gasteiger partial charge in [-0.1, -0.05) is 81.1 Å². The summed E-state index contributed by atoms with van der Waals surface area (Å²) in [6.07, 6.45) is 1.95. The zero-order valence-corrected chi connectivity index (χ0v) is 15.2. The van der Waals surface area contributed by atoms with E-state index in [-0.39, 0.29) is 5.41 Å². The number of nitrogens with zero attached hydrogens (tertiary/aromatic N) is 1. The molecule has 0 aliphatic carbocycles. The molecule has 0 atom stereocenters. The number of benzene rings is 4. The van der Waals surface area contributed by atoms with Crippen LogP contribution in [0.4, 0.5) is 11.4 Å². The number of anilines is 2. The van der Waals surface area contributed by atoms with Crippen molar-refractivity contribution in [2.75, 3.05) is 4.90 Å². The van der Waals surface area contributed by atoms with E-state index in [1.165, 1.54) is 44.0 Å². The van der Waals surface area contributed by atoms with Crippen molar-refractivity contribution in [3.8, 4) is 0 Å². The highest BCUT2D eigenvalue weighted by molar-refractivity contribution is 6.02. The molecule has 0 N–H and O–H groups in total. The van der Waals surface area contributed by atoms with Gasteiger partial charge in [-0.05, 0) is 39.4 Å². The van der Waals surface area contributed by atoms with E-state index in [1.54, 1.807) is 0 Å². The second-order valence-electron chi connectivity index (χ2n) is 7.58. The second kappa shape index (κ2) is 5.22. The van der Waals surface area contributed by atoms with E-state index in [1.807, 2.05) is 6.20 Å². The Hall–Kier alpha value is -3.06. The molecule has 1 heteroatoms. The van der Waals surface area contributed by atoms with Crippen molar-refractivity contribution in [3.63, 3.8) is 0 Å². The van der Waals surface area contributed by atoms with Gasteiger partial charge >= 0.3 is 0 Å². The van der Waals surface area contributed by atoms with Crippen LogP contribution in [0.2, 0.25) is 0 Å². The molecule has 1 nitrogen and oxygen atoms in total. The van der Waals surface area contributed by atoms with Gasteiger partial charge in [-0.15, -0.1) is 0 Å². The van der Waals surface area contributed by atoms with E-state index >= 15 is 0 Å². The lowest BCUT2D eigenvalue weighted by Gasteiger charge is -2.41. The molecule has 0 fully saturated rings. The third-order valence-corrected chi connectivity index (χ3v) is 5.79. The van der Waals surface area contributed by atoms with Crippen LogP contribution < -0.4 is 4.90 Å². The fraction of sp³-hybridized carbons (Fsp3) is 0.120. The average Bonchev–Trinajstić information content (AvgIpc) is 2.67. The monoisotopic (exact) mass is 335 g/mol. The van der Waals surface area contributed by atoms with Crippen LogP contribution in [0, 0.1) is 0 Å². The van der Waals surface area contributed by atoms with Crippen LogP contribution in [0.25, 0.3) is 21.5 Å². The second-order valence-corrected chi connectivity index (χ2v) is 7.58. The maximum atomic E-state index is 4.14. The van der Waals surface area contributed by atoms with Crippen LogP contribution in [0.15, 0.2) is 85.6 Å². The first kappa shape index (κ1) is 15.2. The molecule has 126 valence electrons. The highest BCUT2D eigenvalue weighted by atomic mass is 15.1. The summed E-state index contributed by atoms with van der Waals surface area (Å²) in [6, 6.07) is 26.4. The molecule has 0 bridgehead atoms. The lowest BCUT2D eigenvalue weighted by molar-refractivity contribution is 0.634. The van der Waals surface area contributed by atoms with Crippen molar-refractivity contribution in [2.24, 2.45) is 0 Å². The van der Waals surface area contributed by atoms with E-state index in [4.69, 9.17) is 0 Å². The van der Waals surface area contributed by atoms with E-state index in [2.05, 4.69) is 98.1 Å². The van der Waals surface area contributed by atoms with Gasteiger partial charge in [-0.2, -0.15) is 0 Å². The van der Waals surface area contributed by atoms with Gasteiger partial charge < -0.3 is 4.90 Å². The van der Waals surface area contributed by atoms with Crippen LogP contribution in [0.1, 0.15) is 25.0 Å². The Kier molecular flexibility index (Phi) is 3.05. The quantitative estimate of drug-likeness (QED) is 0.365. The summed E-state index contributed by atoms with van der Waals surface area (Å²) in [7, 11) is 0. The Morgan fingerprint density at radius 3 is 2.15 bits per heavy atom. The van der Waals surface area contributed by atoms with Gasteiger partial charge in [0, 0.05) is 17.0 Å². The fourth-order valence-electron chi connectivity index (χ4n) is 4.40. The molecule has 1 aliphatic rings. The molecular weight excluding hydrogens is 314 g/mol. The molecule has 0 unspecified atom stereocenters. The number of hydrogen-bond donors (Lipinski definition) is 0.